The Morgan fingerprint density at radius 2 is 1.88 bits per heavy atom. The second kappa shape index (κ2) is 5.66. The first-order chi connectivity index (χ1) is 12.7. The fourth-order valence-electron chi connectivity index (χ4n) is 3.68. The summed E-state index contributed by atoms with van der Waals surface area (Å²) in [6.07, 6.45) is 5.23. The molecule has 4 aromatic rings. The largest absolute Gasteiger partial charge is 0.367 e. The maximum Gasteiger partial charge on any atom is 0.330 e. The van der Waals surface area contributed by atoms with Crippen LogP contribution >= 0.6 is 0 Å². The Kier molecular flexibility index (Phi) is 3.28. The zero-order chi connectivity index (χ0) is 17.7. The minimum Gasteiger partial charge on any atom is -0.367 e. The first-order valence-electron chi connectivity index (χ1n) is 8.71. The van der Waals surface area contributed by atoms with Crippen molar-refractivity contribution in [3.63, 3.8) is 0 Å². The van der Waals surface area contributed by atoms with Gasteiger partial charge in [0.05, 0.1) is 5.52 Å². The molecule has 1 fully saturated rings. The van der Waals surface area contributed by atoms with Crippen LogP contribution in [0.5, 0.6) is 0 Å². The molecule has 26 heavy (non-hydrogen) atoms. The Labute approximate surface area is 149 Å². The minimum absolute atomic E-state index is 0.00446. The van der Waals surface area contributed by atoms with Crippen molar-refractivity contribution in [3.8, 4) is 0 Å². The van der Waals surface area contributed by atoms with Crippen LogP contribution in [0.1, 0.15) is 18.9 Å². The number of pyridine rings is 3. The Balaban J connectivity index is 1.36. The summed E-state index contributed by atoms with van der Waals surface area (Å²) in [6, 6.07) is 12.1. The third-order valence-electron chi connectivity index (χ3n) is 5.14. The standard InChI is InChI=1S/C19H18N6O/c1-24-15-5-3-9-21-18(15)25(19(24)26)14-10-13(11-14)22-16-7-6-12-4-2-8-20-17(12)23-16/h2-9,13-14H,10-11H2,1H3,(H,20,22,23)/t13-,14-. The van der Waals surface area contributed by atoms with E-state index in [0.29, 0.717) is 6.04 Å². The van der Waals surface area contributed by atoms with Crippen LogP contribution in [0.2, 0.25) is 0 Å². The minimum atomic E-state index is -0.00446. The summed E-state index contributed by atoms with van der Waals surface area (Å²) >= 11 is 0. The summed E-state index contributed by atoms with van der Waals surface area (Å²) in [4.78, 5) is 25.8. The quantitative estimate of drug-likeness (QED) is 0.617. The van der Waals surface area contributed by atoms with Crippen molar-refractivity contribution in [3.05, 3.63) is 59.3 Å². The molecule has 1 N–H and O–H groups in total. The van der Waals surface area contributed by atoms with E-state index in [0.717, 1.165) is 40.9 Å². The molecule has 0 saturated heterocycles. The molecule has 7 nitrogen and oxygen atoms in total. The first-order valence-corrected chi connectivity index (χ1v) is 8.71. The predicted molar refractivity (Wildman–Crippen MR) is 100 cm³/mol. The molecule has 0 amide bonds. The van der Waals surface area contributed by atoms with E-state index in [1.54, 1.807) is 24.0 Å². The number of anilines is 1. The Hall–Kier alpha value is -3.22. The maximum absolute atomic E-state index is 12.6. The predicted octanol–water partition coefficient (Wildman–Crippen LogP) is 2.49. The highest BCUT2D eigenvalue weighted by Crippen LogP contribution is 2.35. The van der Waals surface area contributed by atoms with Crippen molar-refractivity contribution in [1.82, 2.24) is 24.1 Å². The lowest BCUT2D eigenvalue weighted by atomic mass is 9.86. The molecule has 0 radical (unpaired) electrons. The molecule has 0 aromatic carbocycles. The second-order valence-electron chi connectivity index (χ2n) is 6.77. The Bertz CT molecular complexity index is 1170. The highest BCUT2D eigenvalue weighted by Gasteiger charge is 2.33. The number of nitrogens with zero attached hydrogens (tertiary/aromatic N) is 5. The number of fused-ring (bicyclic) bond motifs is 2. The van der Waals surface area contributed by atoms with E-state index in [1.165, 1.54) is 0 Å². The van der Waals surface area contributed by atoms with Gasteiger partial charge in [0.2, 0.25) is 0 Å². The van der Waals surface area contributed by atoms with Crippen molar-refractivity contribution in [2.45, 2.75) is 24.9 Å². The van der Waals surface area contributed by atoms with Crippen molar-refractivity contribution >= 4 is 28.0 Å². The second-order valence-corrected chi connectivity index (χ2v) is 6.77. The number of imidazole rings is 1. The van der Waals surface area contributed by atoms with Gasteiger partial charge in [-0.05, 0) is 49.2 Å². The lowest BCUT2D eigenvalue weighted by molar-refractivity contribution is 0.280. The third-order valence-corrected chi connectivity index (χ3v) is 5.14. The smallest absolute Gasteiger partial charge is 0.330 e. The fraction of sp³-hybridized carbons (Fsp3) is 0.263. The van der Waals surface area contributed by atoms with Gasteiger partial charge in [0.1, 0.15) is 5.82 Å². The molecule has 1 aliphatic rings. The molecule has 0 unspecified atom stereocenters. The van der Waals surface area contributed by atoms with Gasteiger partial charge in [-0.15, -0.1) is 0 Å². The summed E-state index contributed by atoms with van der Waals surface area (Å²) in [6.45, 7) is 0. The van der Waals surface area contributed by atoms with Crippen LogP contribution in [-0.2, 0) is 7.05 Å². The van der Waals surface area contributed by atoms with Crippen LogP contribution in [0.25, 0.3) is 22.2 Å². The summed E-state index contributed by atoms with van der Waals surface area (Å²) in [5.74, 6) is 0.822. The summed E-state index contributed by atoms with van der Waals surface area (Å²) in [5, 5.41) is 4.48. The highest BCUT2D eigenvalue weighted by atomic mass is 16.1. The van der Waals surface area contributed by atoms with Gasteiger partial charge in [0.25, 0.3) is 0 Å². The van der Waals surface area contributed by atoms with Gasteiger partial charge in [0, 0.05) is 36.9 Å². The molecule has 4 heterocycles. The Morgan fingerprint density at radius 3 is 2.77 bits per heavy atom. The molecule has 0 aliphatic heterocycles. The van der Waals surface area contributed by atoms with Crippen LogP contribution in [0.15, 0.2) is 53.6 Å². The van der Waals surface area contributed by atoms with Gasteiger partial charge in [-0.25, -0.2) is 19.7 Å². The molecule has 0 bridgehead atoms. The molecule has 7 heteroatoms. The zero-order valence-electron chi connectivity index (χ0n) is 14.3. The zero-order valence-corrected chi connectivity index (χ0v) is 14.3. The summed E-state index contributed by atoms with van der Waals surface area (Å²) < 4.78 is 3.49. The van der Waals surface area contributed by atoms with Crippen molar-refractivity contribution in [2.24, 2.45) is 7.05 Å². The van der Waals surface area contributed by atoms with Gasteiger partial charge in [-0.1, -0.05) is 0 Å². The summed E-state index contributed by atoms with van der Waals surface area (Å²) in [7, 11) is 1.79. The Morgan fingerprint density at radius 1 is 1.08 bits per heavy atom. The molecule has 5 rings (SSSR count). The lowest BCUT2D eigenvalue weighted by Crippen LogP contribution is -2.41. The molecule has 4 aromatic heterocycles. The number of aryl methyl sites for hydroxylation is 1. The van der Waals surface area contributed by atoms with Gasteiger partial charge in [-0.3, -0.25) is 9.13 Å². The third kappa shape index (κ3) is 2.28. The van der Waals surface area contributed by atoms with Crippen LogP contribution in [0.4, 0.5) is 5.82 Å². The normalized spacial score (nSPS) is 19.6. The topological polar surface area (TPSA) is 77.6 Å². The fourth-order valence-corrected chi connectivity index (χ4v) is 3.68. The van der Waals surface area contributed by atoms with E-state index in [4.69, 9.17) is 0 Å². The maximum atomic E-state index is 12.6. The van der Waals surface area contributed by atoms with Crippen molar-refractivity contribution < 1.29 is 0 Å². The average Bonchev–Trinajstić information content (AvgIpc) is 2.89. The van der Waals surface area contributed by atoms with Crippen molar-refractivity contribution in [1.29, 1.82) is 0 Å². The summed E-state index contributed by atoms with van der Waals surface area (Å²) in [5.41, 5.74) is 2.37. The first kappa shape index (κ1) is 15.1. The van der Waals surface area contributed by atoms with Crippen LogP contribution in [-0.4, -0.2) is 30.1 Å². The number of rotatable bonds is 3. The molecular formula is C19H18N6O. The van der Waals surface area contributed by atoms with Gasteiger partial charge in [0.15, 0.2) is 11.3 Å². The number of aromatic nitrogens is 5. The van der Waals surface area contributed by atoms with E-state index in [-0.39, 0.29) is 11.7 Å². The van der Waals surface area contributed by atoms with Crippen LogP contribution in [0.3, 0.4) is 0 Å². The molecule has 1 aliphatic carbocycles. The van der Waals surface area contributed by atoms with E-state index < -0.39 is 0 Å². The highest BCUT2D eigenvalue weighted by molar-refractivity contribution is 5.76. The van der Waals surface area contributed by atoms with Crippen LogP contribution < -0.4 is 11.0 Å². The number of hydrogen-bond acceptors (Lipinski definition) is 5. The van der Waals surface area contributed by atoms with Gasteiger partial charge >= 0.3 is 5.69 Å². The lowest BCUT2D eigenvalue weighted by Gasteiger charge is -2.36. The molecular weight excluding hydrogens is 328 g/mol. The average molecular weight is 346 g/mol. The van der Waals surface area contributed by atoms with E-state index in [2.05, 4.69) is 20.3 Å². The van der Waals surface area contributed by atoms with Crippen molar-refractivity contribution in [2.75, 3.05) is 5.32 Å². The number of nitrogens with one attached hydrogen (secondary N) is 1. The molecule has 0 spiro atoms. The molecule has 0 atom stereocenters. The van der Waals surface area contributed by atoms with Gasteiger partial charge in [-0.2, -0.15) is 0 Å². The SMILES string of the molecule is Cn1c(=O)n([C@H]2C[C@H](Nc3ccc4cccnc4n3)C2)c2ncccc21. The molecule has 1 saturated carbocycles. The van der Waals surface area contributed by atoms with E-state index in [1.807, 2.05) is 41.0 Å². The van der Waals surface area contributed by atoms with Crippen LogP contribution in [0, 0.1) is 0 Å². The van der Waals surface area contributed by atoms with E-state index >= 15 is 0 Å². The number of hydrogen-bond donors (Lipinski definition) is 1. The van der Waals surface area contributed by atoms with E-state index in [9.17, 15) is 4.79 Å². The molecule has 130 valence electrons. The van der Waals surface area contributed by atoms with Gasteiger partial charge < -0.3 is 5.32 Å². The monoisotopic (exact) mass is 346 g/mol.